The maximum atomic E-state index is 12.5. The van der Waals surface area contributed by atoms with Crippen LogP contribution in [0.15, 0.2) is 36.4 Å². The average Bonchev–Trinajstić information content (AvgIpc) is 3.04. The third-order valence-corrected chi connectivity index (χ3v) is 5.09. The van der Waals surface area contributed by atoms with Gasteiger partial charge in [0.2, 0.25) is 12.7 Å². The van der Waals surface area contributed by atoms with Crippen molar-refractivity contribution in [2.24, 2.45) is 5.92 Å². The van der Waals surface area contributed by atoms with Crippen molar-refractivity contribution < 1.29 is 19.1 Å². The number of carbonyl (C=O) groups excluding carboxylic acids is 2. The van der Waals surface area contributed by atoms with Crippen molar-refractivity contribution in [3.63, 3.8) is 0 Å². The Hall–Kier alpha value is -2.44. The lowest BCUT2D eigenvalue weighted by Crippen LogP contribution is -2.54. The van der Waals surface area contributed by atoms with Crippen molar-refractivity contribution in [3.8, 4) is 11.5 Å². The first-order chi connectivity index (χ1) is 12.5. The second-order valence-electron chi connectivity index (χ2n) is 6.09. The quantitative estimate of drug-likeness (QED) is 0.868. The third-order valence-electron chi connectivity index (χ3n) is 4.35. The second kappa shape index (κ2) is 6.70. The SMILES string of the molecule is O=C(Nc1ccc(Cl)c(Cl)c1)C1CN(C(=O)c2ccc3c(c2)OCO3)C1. The minimum atomic E-state index is -0.262. The van der Waals surface area contributed by atoms with Crippen LogP contribution in [0, 0.1) is 5.92 Å². The van der Waals surface area contributed by atoms with Crippen LogP contribution < -0.4 is 14.8 Å². The van der Waals surface area contributed by atoms with E-state index in [2.05, 4.69) is 5.32 Å². The molecule has 0 atom stereocenters. The Kier molecular flexibility index (Phi) is 4.38. The molecule has 0 aromatic heterocycles. The van der Waals surface area contributed by atoms with Crippen LogP contribution in [-0.4, -0.2) is 36.6 Å². The van der Waals surface area contributed by atoms with E-state index in [1.165, 1.54) is 0 Å². The van der Waals surface area contributed by atoms with E-state index < -0.39 is 0 Å². The Morgan fingerprint density at radius 1 is 1.00 bits per heavy atom. The first kappa shape index (κ1) is 17.0. The van der Waals surface area contributed by atoms with Crippen LogP contribution >= 0.6 is 23.2 Å². The van der Waals surface area contributed by atoms with Gasteiger partial charge in [-0.3, -0.25) is 9.59 Å². The zero-order valence-corrected chi connectivity index (χ0v) is 15.0. The van der Waals surface area contributed by atoms with Crippen LogP contribution in [0.5, 0.6) is 11.5 Å². The fraction of sp³-hybridized carbons (Fsp3) is 0.222. The molecule has 6 nitrogen and oxygen atoms in total. The molecule has 2 aromatic rings. The van der Waals surface area contributed by atoms with Gasteiger partial charge in [-0.15, -0.1) is 0 Å². The van der Waals surface area contributed by atoms with Crippen molar-refractivity contribution in [2.45, 2.75) is 0 Å². The van der Waals surface area contributed by atoms with Gasteiger partial charge in [-0.2, -0.15) is 0 Å². The fourth-order valence-electron chi connectivity index (χ4n) is 2.84. The third kappa shape index (κ3) is 3.18. The lowest BCUT2D eigenvalue weighted by molar-refractivity contribution is -0.123. The summed E-state index contributed by atoms with van der Waals surface area (Å²) in [5, 5.41) is 3.59. The molecule has 0 aliphatic carbocycles. The summed E-state index contributed by atoms with van der Waals surface area (Å²) >= 11 is 11.8. The predicted molar refractivity (Wildman–Crippen MR) is 97.1 cm³/mol. The molecule has 0 unspecified atom stereocenters. The molecule has 2 aliphatic rings. The summed E-state index contributed by atoms with van der Waals surface area (Å²) < 4.78 is 10.5. The van der Waals surface area contributed by atoms with Crippen LogP contribution in [0.25, 0.3) is 0 Å². The molecular weight excluding hydrogens is 379 g/mol. The minimum Gasteiger partial charge on any atom is -0.454 e. The lowest BCUT2D eigenvalue weighted by atomic mass is 9.97. The van der Waals surface area contributed by atoms with Gasteiger partial charge in [-0.1, -0.05) is 23.2 Å². The summed E-state index contributed by atoms with van der Waals surface area (Å²) in [7, 11) is 0. The summed E-state index contributed by atoms with van der Waals surface area (Å²) in [6.07, 6.45) is 0. The van der Waals surface area contributed by atoms with Gasteiger partial charge in [0.05, 0.1) is 16.0 Å². The molecule has 0 spiro atoms. The number of rotatable bonds is 3. The number of halogens is 2. The van der Waals surface area contributed by atoms with Crippen LogP contribution in [0.4, 0.5) is 5.69 Å². The topological polar surface area (TPSA) is 67.9 Å². The highest BCUT2D eigenvalue weighted by atomic mass is 35.5. The van der Waals surface area contributed by atoms with Crippen molar-refractivity contribution in [1.82, 2.24) is 4.90 Å². The molecule has 1 saturated heterocycles. The molecule has 0 bridgehead atoms. The van der Waals surface area contributed by atoms with E-state index in [-0.39, 0.29) is 24.5 Å². The number of ether oxygens (including phenoxy) is 2. The number of anilines is 1. The van der Waals surface area contributed by atoms with Crippen LogP contribution in [0.2, 0.25) is 10.0 Å². The monoisotopic (exact) mass is 392 g/mol. The molecule has 1 N–H and O–H groups in total. The summed E-state index contributed by atoms with van der Waals surface area (Å²) in [5.41, 5.74) is 1.09. The molecule has 4 rings (SSSR count). The van der Waals surface area contributed by atoms with Crippen molar-refractivity contribution in [1.29, 1.82) is 0 Å². The van der Waals surface area contributed by atoms with Crippen LogP contribution in [0.3, 0.4) is 0 Å². The predicted octanol–water partition coefficient (Wildman–Crippen LogP) is 3.43. The van der Waals surface area contributed by atoms with Gasteiger partial charge in [0.15, 0.2) is 11.5 Å². The standard InChI is InChI=1S/C18H14Cl2N2O4/c19-13-3-2-12(6-14(13)20)21-17(23)11-7-22(8-11)18(24)10-1-4-15-16(5-10)26-9-25-15/h1-6,11H,7-9H2,(H,21,23). The van der Waals surface area contributed by atoms with E-state index >= 15 is 0 Å². The van der Waals surface area contributed by atoms with Gasteiger partial charge in [-0.05, 0) is 36.4 Å². The molecule has 2 aromatic carbocycles. The molecule has 2 amide bonds. The number of nitrogens with one attached hydrogen (secondary N) is 1. The Morgan fingerprint density at radius 2 is 1.77 bits per heavy atom. The maximum Gasteiger partial charge on any atom is 0.254 e. The number of benzene rings is 2. The van der Waals surface area contributed by atoms with E-state index in [9.17, 15) is 9.59 Å². The Balaban J connectivity index is 1.35. The first-order valence-corrected chi connectivity index (χ1v) is 8.72. The summed E-state index contributed by atoms with van der Waals surface area (Å²) in [4.78, 5) is 26.4. The van der Waals surface area contributed by atoms with Crippen molar-refractivity contribution in [2.75, 3.05) is 25.2 Å². The smallest absolute Gasteiger partial charge is 0.254 e. The zero-order valence-electron chi connectivity index (χ0n) is 13.5. The fourth-order valence-corrected chi connectivity index (χ4v) is 3.14. The van der Waals surface area contributed by atoms with Gasteiger partial charge in [0.25, 0.3) is 5.91 Å². The largest absolute Gasteiger partial charge is 0.454 e. The Morgan fingerprint density at radius 3 is 2.54 bits per heavy atom. The molecule has 0 saturated carbocycles. The molecule has 134 valence electrons. The molecule has 2 heterocycles. The van der Waals surface area contributed by atoms with Crippen LogP contribution in [-0.2, 0) is 4.79 Å². The van der Waals surface area contributed by atoms with Gasteiger partial charge < -0.3 is 19.7 Å². The summed E-state index contributed by atoms with van der Waals surface area (Å²) in [5.74, 6) is 0.636. The lowest BCUT2D eigenvalue weighted by Gasteiger charge is -2.38. The van der Waals surface area contributed by atoms with Gasteiger partial charge >= 0.3 is 0 Å². The van der Waals surface area contributed by atoms with Gasteiger partial charge in [0, 0.05) is 24.3 Å². The molecule has 26 heavy (non-hydrogen) atoms. The zero-order chi connectivity index (χ0) is 18.3. The molecule has 2 aliphatic heterocycles. The van der Waals surface area contributed by atoms with Gasteiger partial charge in [0.1, 0.15) is 0 Å². The number of hydrogen-bond acceptors (Lipinski definition) is 4. The van der Waals surface area contributed by atoms with E-state index in [4.69, 9.17) is 32.7 Å². The highest BCUT2D eigenvalue weighted by Gasteiger charge is 2.36. The highest BCUT2D eigenvalue weighted by Crippen LogP contribution is 2.33. The summed E-state index contributed by atoms with van der Waals surface area (Å²) in [6, 6.07) is 9.96. The van der Waals surface area contributed by atoms with E-state index in [0.717, 1.165) is 0 Å². The maximum absolute atomic E-state index is 12.5. The highest BCUT2D eigenvalue weighted by molar-refractivity contribution is 6.42. The molecule has 1 fully saturated rings. The van der Waals surface area contributed by atoms with Crippen molar-refractivity contribution in [3.05, 3.63) is 52.0 Å². The molecular formula is C18H14Cl2N2O4. The van der Waals surface area contributed by atoms with E-state index in [0.29, 0.717) is 45.9 Å². The first-order valence-electron chi connectivity index (χ1n) is 7.96. The Bertz CT molecular complexity index is 897. The average molecular weight is 393 g/mol. The van der Waals surface area contributed by atoms with Crippen LogP contribution in [0.1, 0.15) is 10.4 Å². The number of nitrogens with zero attached hydrogens (tertiary/aromatic N) is 1. The number of fused-ring (bicyclic) bond motifs is 1. The molecule has 0 radical (unpaired) electrons. The second-order valence-corrected chi connectivity index (χ2v) is 6.91. The van der Waals surface area contributed by atoms with E-state index in [1.807, 2.05) is 0 Å². The summed E-state index contributed by atoms with van der Waals surface area (Å²) in [6.45, 7) is 0.883. The number of likely N-dealkylation sites (tertiary alicyclic amines) is 1. The van der Waals surface area contributed by atoms with E-state index in [1.54, 1.807) is 41.3 Å². The number of carbonyl (C=O) groups is 2. The van der Waals surface area contributed by atoms with Gasteiger partial charge in [-0.25, -0.2) is 0 Å². The minimum absolute atomic E-state index is 0.137. The number of amides is 2. The number of hydrogen-bond donors (Lipinski definition) is 1. The molecule has 8 heteroatoms. The Labute approximate surface area is 159 Å². The normalized spacial score (nSPS) is 15.5. The van der Waals surface area contributed by atoms with Crippen molar-refractivity contribution >= 4 is 40.7 Å².